The van der Waals surface area contributed by atoms with Crippen LogP contribution >= 0.6 is 0 Å². The molecular weight excluding hydrogens is 306 g/mol. The lowest BCUT2D eigenvalue weighted by Gasteiger charge is -2.08. The fourth-order valence-corrected chi connectivity index (χ4v) is 1.99. The molecule has 0 spiro atoms. The van der Waals surface area contributed by atoms with Crippen molar-refractivity contribution in [2.24, 2.45) is 0 Å². The molecule has 0 aliphatic rings. The van der Waals surface area contributed by atoms with Gasteiger partial charge in [-0.15, -0.1) is 0 Å². The van der Waals surface area contributed by atoms with E-state index in [1.807, 2.05) is 0 Å². The predicted molar refractivity (Wildman–Crippen MR) is 80.5 cm³/mol. The summed E-state index contributed by atoms with van der Waals surface area (Å²) in [5, 5.41) is 2.70. The molecule has 1 heterocycles. The Morgan fingerprint density at radius 1 is 1.17 bits per heavy atom. The Hall–Kier alpha value is -2.70. The summed E-state index contributed by atoms with van der Waals surface area (Å²) < 4.78 is 29.6. The van der Waals surface area contributed by atoms with Gasteiger partial charge in [0.05, 0.1) is 0 Å². The Bertz CT molecular complexity index is 699. The Morgan fingerprint density at radius 2 is 1.91 bits per heavy atom. The quantitative estimate of drug-likeness (QED) is 0.846. The molecule has 0 unspecified atom stereocenters. The van der Waals surface area contributed by atoms with Gasteiger partial charge in [0.1, 0.15) is 12.3 Å². The van der Waals surface area contributed by atoms with Crippen molar-refractivity contribution >= 4 is 5.91 Å². The van der Waals surface area contributed by atoms with Crippen molar-refractivity contribution in [3.8, 4) is 5.75 Å². The number of hydrogen-bond acceptors (Lipinski definition) is 3. The first-order valence-corrected chi connectivity index (χ1v) is 7.00. The lowest BCUT2D eigenvalue weighted by molar-refractivity contribution is -0.121. The number of ether oxygens (including phenoxy) is 1. The van der Waals surface area contributed by atoms with Crippen molar-refractivity contribution in [2.75, 3.05) is 6.54 Å². The lowest BCUT2D eigenvalue weighted by Crippen LogP contribution is -2.32. The van der Waals surface area contributed by atoms with E-state index in [0.717, 1.165) is 5.56 Å². The molecule has 7 heteroatoms. The summed E-state index contributed by atoms with van der Waals surface area (Å²) in [5.41, 5.74) is 0.640. The predicted octanol–water partition coefficient (Wildman–Crippen LogP) is 1.81. The Kier molecular flexibility index (Phi) is 5.85. The van der Waals surface area contributed by atoms with Gasteiger partial charge in [0.15, 0.2) is 0 Å². The molecule has 2 aromatic rings. The van der Waals surface area contributed by atoms with E-state index in [-0.39, 0.29) is 23.8 Å². The van der Waals surface area contributed by atoms with Gasteiger partial charge in [-0.3, -0.25) is 9.59 Å². The Balaban J connectivity index is 1.77. The highest BCUT2D eigenvalue weighted by atomic mass is 19.3. The van der Waals surface area contributed by atoms with E-state index in [2.05, 4.69) is 10.1 Å². The number of benzene rings is 1. The van der Waals surface area contributed by atoms with Crippen molar-refractivity contribution < 1.29 is 18.3 Å². The molecule has 0 aliphatic heterocycles. The fourth-order valence-electron chi connectivity index (χ4n) is 1.99. The standard InChI is InChI=1S/C16H16F2N2O3/c17-16(18)23-13-6-4-12(5-7-13)8-9-19-14(21)11-20-10-2-1-3-15(20)22/h1-7,10,16H,8-9,11H2,(H,19,21). The maximum atomic E-state index is 12.0. The molecule has 1 aromatic carbocycles. The topological polar surface area (TPSA) is 60.3 Å². The SMILES string of the molecule is O=C(Cn1ccccc1=O)NCCc1ccc(OC(F)F)cc1. The molecule has 0 radical (unpaired) electrons. The summed E-state index contributed by atoms with van der Waals surface area (Å²) in [5.74, 6) is -0.174. The maximum absolute atomic E-state index is 12.0. The van der Waals surface area contributed by atoms with Gasteiger partial charge in [-0.1, -0.05) is 18.2 Å². The second-order valence-corrected chi connectivity index (χ2v) is 4.79. The molecule has 2 rings (SSSR count). The minimum absolute atomic E-state index is 0.0408. The molecule has 5 nitrogen and oxygen atoms in total. The van der Waals surface area contributed by atoms with Crippen LogP contribution in [0.1, 0.15) is 5.56 Å². The Labute approximate surface area is 131 Å². The molecule has 1 N–H and O–H groups in total. The molecule has 0 bridgehead atoms. The van der Waals surface area contributed by atoms with E-state index in [0.29, 0.717) is 13.0 Å². The van der Waals surface area contributed by atoms with Crippen LogP contribution in [0.4, 0.5) is 8.78 Å². The number of carbonyl (C=O) groups excluding carboxylic acids is 1. The van der Waals surface area contributed by atoms with Crippen LogP contribution in [0.3, 0.4) is 0 Å². The molecule has 1 aromatic heterocycles. The number of carbonyl (C=O) groups is 1. The van der Waals surface area contributed by atoms with Crippen LogP contribution in [0.15, 0.2) is 53.5 Å². The number of pyridine rings is 1. The maximum Gasteiger partial charge on any atom is 0.387 e. The molecular formula is C16H16F2N2O3. The highest BCUT2D eigenvalue weighted by Crippen LogP contribution is 2.14. The van der Waals surface area contributed by atoms with Crippen LogP contribution in [0, 0.1) is 0 Å². The molecule has 0 saturated carbocycles. The monoisotopic (exact) mass is 322 g/mol. The molecule has 0 fully saturated rings. The van der Waals surface area contributed by atoms with Crippen molar-refractivity contribution in [1.82, 2.24) is 9.88 Å². The van der Waals surface area contributed by atoms with E-state index in [4.69, 9.17) is 0 Å². The first kappa shape index (κ1) is 16.7. The minimum atomic E-state index is -2.85. The fraction of sp³-hybridized carbons (Fsp3) is 0.250. The van der Waals surface area contributed by atoms with Gasteiger partial charge >= 0.3 is 6.61 Å². The van der Waals surface area contributed by atoms with E-state index in [9.17, 15) is 18.4 Å². The molecule has 0 saturated heterocycles. The smallest absolute Gasteiger partial charge is 0.387 e. The van der Waals surface area contributed by atoms with Gasteiger partial charge in [0, 0.05) is 18.8 Å². The lowest BCUT2D eigenvalue weighted by atomic mass is 10.1. The van der Waals surface area contributed by atoms with Crippen LogP contribution in [0.25, 0.3) is 0 Å². The van der Waals surface area contributed by atoms with Crippen LogP contribution in [-0.2, 0) is 17.8 Å². The zero-order chi connectivity index (χ0) is 16.7. The molecule has 23 heavy (non-hydrogen) atoms. The van der Waals surface area contributed by atoms with Gasteiger partial charge < -0.3 is 14.6 Å². The van der Waals surface area contributed by atoms with Gasteiger partial charge in [0.25, 0.3) is 5.56 Å². The third kappa shape index (κ3) is 5.54. The van der Waals surface area contributed by atoms with Crippen molar-refractivity contribution in [3.05, 3.63) is 64.6 Å². The zero-order valence-corrected chi connectivity index (χ0v) is 12.2. The highest BCUT2D eigenvalue weighted by Gasteiger charge is 2.05. The number of rotatable bonds is 7. The average Bonchev–Trinajstić information content (AvgIpc) is 2.51. The second kappa shape index (κ2) is 8.07. The van der Waals surface area contributed by atoms with Crippen molar-refractivity contribution in [3.63, 3.8) is 0 Å². The van der Waals surface area contributed by atoms with Crippen molar-refractivity contribution in [2.45, 2.75) is 19.6 Å². The average molecular weight is 322 g/mol. The number of nitrogens with one attached hydrogen (secondary N) is 1. The zero-order valence-electron chi connectivity index (χ0n) is 12.2. The Morgan fingerprint density at radius 3 is 2.57 bits per heavy atom. The van der Waals surface area contributed by atoms with Crippen LogP contribution in [0.2, 0.25) is 0 Å². The summed E-state index contributed by atoms with van der Waals surface area (Å²) in [6.07, 6.45) is 2.09. The van der Waals surface area contributed by atoms with Gasteiger partial charge in [-0.25, -0.2) is 0 Å². The first-order chi connectivity index (χ1) is 11.0. The van der Waals surface area contributed by atoms with Crippen LogP contribution in [-0.4, -0.2) is 23.6 Å². The summed E-state index contributed by atoms with van der Waals surface area (Å²) in [6.45, 7) is -2.50. The number of aromatic nitrogens is 1. The van der Waals surface area contributed by atoms with Crippen LogP contribution < -0.4 is 15.6 Å². The summed E-state index contributed by atoms with van der Waals surface area (Å²) >= 11 is 0. The van der Waals surface area contributed by atoms with Crippen molar-refractivity contribution in [1.29, 1.82) is 0 Å². The summed E-state index contributed by atoms with van der Waals surface area (Å²) in [7, 11) is 0. The van der Waals surface area contributed by atoms with E-state index in [1.54, 1.807) is 30.5 Å². The number of halogens is 2. The van der Waals surface area contributed by atoms with E-state index < -0.39 is 6.61 Å². The first-order valence-electron chi connectivity index (χ1n) is 7.00. The molecule has 0 atom stereocenters. The third-order valence-corrected chi connectivity index (χ3v) is 3.10. The van der Waals surface area contributed by atoms with E-state index in [1.165, 1.54) is 22.8 Å². The van der Waals surface area contributed by atoms with Gasteiger partial charge in [-0.05, 0) is 30.2 Å². The van der Waals surface area contributed by atoms with Gasteiger partial charge in [0.2, 0.25) is 5.91 Å². The number of hydrogen-bond donors (Lipinski definition) is 1. The molecule has 1 amide bonds. The largest absolute Gasteiger partial charge is 0.435 e. The molecule has 122 valence electrons. The second-order valence-electron chi connectivity index (χ2n) is 4.79. The summed E-state index contributed by atoms with van der Waals surface area (Å²) in [4.78, 5) is 23.2. The molecule has 0 aliphatic carbocycles. The van der Waals surface area contributed by atoms with E-state index >= 15 is 0 Å². The van der Waals surface area contributed by atoms with Gasteiger partial charge in [-0.2, -0.15) is 8.78 Å². The number of amides is 1. The minimum Gasteiger partial charge on any atom is -0.435 e. The summed E-state index contributed by atoms with van der Waals surface area (Å²) in [6, 6.07) is 10.9. The third-order valence-electron chi connectivity index (χ3n) is 3.10. The normalized spacial score (nSPS) is 10.6. The number of alkyl halides is 2. The van der Waals surface area contributed by atoms with Crippen LogP contribution in [0.5, 0.6) is 5.75 Å². The highest BCUT2D eigenvalue weighted by molar-refractivity contribution is 5.75. The number of nitrogens with zero attached hydrogens (tertiary/aromatic N) is 1.